The maximum Gasteiger partial charge on any atom is 0.276 e. The number of aryl methyl sites for hydroxylation is 1. The van der Waals surface area contributed by atoms with E-state index in [1.165, 1.54) is 6.07 Å². The Labute approximate surface area is 153 Å². The molecule has 6 nitrogen and oxygen atoms in total. The van der Waals surface area contributed by atoms with Crippen LogP contribution in [0.1, 0.15) is 42.4 Å². The molecule has 1 heterocycles. The van der Waals surface area contributed by atoms with Gasteiger partial charge in [0.1, 0.15) is 0 Å². The van der Waals surface area contributed by atoms with Crippen LogP contribution in [0.5, 0.6) is 0 Å². The maximum absolute atomic E-state index is 12.5. The van der Waals surface area contributed by atoms with E-state index in [0.29, 0.717) is 12.2 Å². The van der Waals surface area contributed by atoms with Gasteiger partial charge in [0, 0.05) is 24.3 Å². The lowest BCUT2D eigenvalue weighted by molar-refractivity contribution is 0.0927. The normalized spacial score (nSPS) is 11.5. The van der Waals surface area contributed by atoms with E-state index < -0.39 is 5.91 Å². The van der Waals surface area contributed by atoms with Crippen LogP contribution in [-0.4, -0.2) is 28.3 Å². The van der Waals surface area contributed by atoms with Gasteiger partial charge in [-0.25, -0.2) is 4.68 Å². The molecule has 0 aliphatic rings. The number of unbranched alkanes of at least 4 members (excludes halogenated alkanes) is 1. The summed E-state index contributed by atoms with van der Waals surface area (Å²) >= 11 is 0. The van der Waals surface area contributed by atoms with Crippen molar-refractivity contribution < 1.29 is 4.79 Å². The summed E-state index contributed by atoms with van der Waals surface area (Å²) in [5.41, 5.74) is 6.67. The third-order valence-corrected chi connectivity index (χ3v) is 3.85. The molecule has 136 valence electrons. The predicted octanol–water partition coefficient (Wildman–Crippen LogP) is 2.21. The van der Waals surface area contributed by atoms with Crippen LogP contribution in [0.25, 0.3) is 5.69 Å². The molecular weight excluding hydrogens is 340 g/mol. The zero-order valence-corrected chi connectivity index (χ0v) is 15.4. The first-order valence-electron chi connectivity index (χ1n) is 8.24. The number of amides is 1. The number of halogens is 1. The predicted molar refractivity (Wildman–Crippen MR) is 102 cm³/mol. The zero-order valence-electron chi connectivity index (χ0n) is 14.6. The van der Waals surface area contributed by atoms with Crippen LogP contribution >= 0.6 is 12.4 Å². The first kappa shape index (κ1) is 20.9. The smallest absolute Gasteiger partial charge is 0.276 e. The third kappa shape index (κ3) is 5.41. The summed E-state index contributed by atoms with van der Waals surface area (Å²) in [6.07, 6.45) is 2.78. The van der Waals surface area contributed by atoms with Crippen LogP contribution in [0, 0.1) is 6.92 Å². The van der Waals surface area contributed by atoms with Gasteiger partial charge in [-0.15, -0.1) is 12.4 Å². The molecule has 1 atom stereocenters. The van der Waals surface area contributed by atoms with Crippen LogP contribution in [0.15, 0.2) is 41.2 Å². The number of rotatable bonds is 7. The van der Waals surface area contributed by atoms with E-state index in [1.54, 1.807) is 11.6 Å². The highest BCUT2D eigenvalue weighted by Crippen LogP contribution is 2.08. The number of nitrogens with two attached hydrogens (primary N) is 1. The number of para-hydroxylation sites is 1. The fraction of sp³-hybridized carbons (Fsp3) is 0.389. The van der Waals surface area contributed by atoms with Crippen LogP contribution < -0.4 is 16.5 Å². The molecule has 1 aromatic carbocycles. The van der Waals surface area contributed by atoms with Gasteiger partial charge in [0.25, 0.3) is 5.91 Å². The standard InChI is InChI=1S/C18H24N4O2.ClH/c1-3-4-8-14(12-19)20-18(24)17-16(23)11-13(2)22(21-17)15-9-6-5-7-10-15;/h5-7,9-11,14H,3-4,8,12,19H2,1-2H3,(H,20,24);1H. The highest BCUT2D eigenvalue weighted by molar-refractivity contribution is 5.92. The Morgan fingerprint density at radius 3 is 2.60 bits per heavy atom. The molecule has 0 fully saturated rings. The molecule has 0 spiro atoms. The number of benzene rings is 1. The van der Waals surface area contributed by atoms with E-state index in [1.807, 2.05) is 30.3 Å². The molecule has 0 radical (unpaired) electrons. The second-order valence-corrected chi connectivity index (χ2v) is 5.79. The monoisotopic (exact) mass is 364 g/mol. The van der Waals surface area contributed by atoms with Crippen molar-refractivity contribution in [3.63, 3.8) is 0 Å². The van der Waals surface area contributed by atoms with Gasteiger partial charge < -0.3 is 11.1 Å². The van der Waals surface area contributed by atoms with E-state index in [4.69, 9.17) is 5.73 Å². The largest absolute Gasteiger partial charge is 0.347 e. The van der Waals surface area contributed by atoms with Crippen molar-refractivity contribution in [1.29, 1.82) is 0 Å². The van der Waals surface area contributed by atoms with Gasteiger partial charge in [-0.3, -0.25) is 9.59 Å². The van der Waals surface area contributed by atoms with Crippen LogP contribution in [0.4, 0.5) is 0 Å². The van der Waals surface area contributed by atoms with Crippen molar-refractivity contribution in [2.45, 2.75) is 39.2 Å². The second kappa shape index (κ2) is 9.96. The Morgan fingerprint density at radius 2 is 2.00 bits per heavy atom. The molecule has 0 saturated heterocycles. The fourth-order valence-electron chi connectivity index (χ4n) is 2.49. The lowest BCUT2D eigenvalue weighted by Gasteiger charge is -2.17. The minimum atomic E-state index is -0.476. The number of carbonyl (C=O) groups is 1. The van der Waals surface area contributed by atoms with E-state index in [0.717, 1.165) is 24.9 Å². The second-order valence-electron chi connectivity index (χ2n) is 5.79. The minimum absolute atomic E-state index is 0. The SMILES string of the molecule is CCCCC(CN)NC(=O)c1nn(-c2ccccc2)c(C)cc1=O.Cl. The van der Waals surface area contributed by atoms with Gasteiger partial charge in [0.05, 0.1) is 5.69 Å². The lowest BCUT2D eigenvalue weighted by Crippen LogP contribution is -2.42. The number of carbonyl (C=O) groups excluding carboxylic acids is 1. The van der Waals surface area contributed by atoms with Crippen molar-refractivity contribution in [1.82, 2.24) is 15.1 Å². The Hall–Kier alpha value is -2.18. The zero-order chi connectivity index (χ0) is 17.5. The van der Waals surface area contributed by atoms with E-state index in [9.17, 15) is 9.59 Å². The summed E-state index contributed by atoms with van der Waals surface area (Å²) in [5.74, 6) is -0.476. The average molecular weight is 365 g/mol. The number of hydrogen-bond acceptors (Lipinski definition) is 4. The molecule has 1 amide bonds. The number of hydrogen-bond donors (Lipinski definition) is 2. The van der Waals surface area contributed by atoms with Gasteiger partial charge >= 0.3 is 0 Å². The van der Waals surface area contributed by atoms with Crippen molar-refractivity contribution in [2.75, 3.05) is 6.54 Å². The molecule has 2 aromatic rings. The summed E-state index contributed by atoms with van der Waals surface area (Å²) < 4.78 is 1.60. The Kier molecular flexibility index (Phi) is 8.31. The first-order chi connectivity index (χ1) is 11.6. The number of aromatic nitrogens is 2. The maximum atomic E-state index is 12.5. The minimum Gasteiger partial charge on any atom is -0.347 e. The Balaban J connectivity index is 0.00000312. The summed E-state index contributed by atoms with van der Waals surface area (Å²) in [6.45, 7) is 4.20. The molecular formula is C18H25ClN4O2. The van der Waals surface area contributed by atoms with Gasteiger partial charge in [-0.05, 0) is 25.5 Å². The lowest BCUT2D eigenvalue weighted by atomic mass is 10.1. The summed E-state index contributed by atoms with van der Waals surface area (Å²) in [5, 5.41) is 7.08. The number of nitrogens with zero attached hydrogens (tertiary/aromatic N) is 2. The van der Waals surface area contributed by atoms with Gasteiger partial charge in [0.15, 0.2) is 5.69 Å². The Morgan fingerprint density at radius 1 is 1.32 bits per heavy atom. The van der Waals surface area contributed by atoms with Gasteiger partial charge in [0.2, 0.25) is 5.43 Å². The number of nitrogens with one attached hydrogen (secondary N) is 1. The highest BCUT2D eigenvalue weighted by Gasteiger charge is 2.18. The highest BCUT2D eigenvalue weighted by atomic mass is 35.5. The molecule has 1 unspecified atom stereocenters. The summed E-state index contributed by atoms with van der Waals surface area (Å²) in [6, 6.07) is 10.7. The summed E-state index contributed by atoms with van der Waals surface area (Å²) in [7, 11) is 0. The van der Waals surface area contributed by atoms with Crippen molar-refractivity contribution >= 4 is 18.3 Å². The molecule has 0 bridgehead atoms. The van der Waals surface area contributed by atoms with Crippen molar-refractivity contribution in [3.8, 4) is 5.69 Å². The molecule has 0 aliphatic carbocycles. The fourth-order valence-corrected chi connectivity index (χ4v) is 2.49. The molecule has 1 aromatic heterocycles. The molecule has 0 saturated carbocycles. The van der Waals surface area contributed by atoms with E-state index in [-0.39, 0.29) is 29.6 Å². The molecule has 2 rings (SSSR count). The van der Waals surface area contributed by atoms with Crippen LogP contribution in [0.3, 0.4) is 0 Å². The van der Waals surface area contributed by atoms with Crippen molar-refractivity contribution in [2.24, 2.45) is 5.73 Å². The summed E-state index contributed by atoms with van der Waals surface area (Å²) in [4.78, 5) is 24.6. The van der Waals surface area contributed by atoms with Crippen molar-refractivity contribution in [3.05, 3.63) is 58.0 Å². The Bertz CT molecular complexity index is 746. The molecule has 7 heteroatoms. The third-order valence-electron chi connectivity index (χ3n) is 3.85. The molecule has 0 aliphatic heterocycles. The molecule has 3 N–H and O–H groups in total. The van der Waals surface area contributed by atoms with E-state index in [2.05, 4.69) is 17.3 Å². The average Bonchev–Trinajstić information content (AvgIpc) is 2.59. The van der Waals surface area contributed by atoms with Crippen LogP contribution in [0.2, 0.25) is 0 Å². The topological polar surface area (TPSA) is 90.0 Å². The van der Waals surface area contributed by atoms with Crippen LogP contribution in [-0.2, 0) is 0 Å². The molecule has 25 heavy (non-hydrogen) atoms. The van der Waals surface area contributed by atoms with Gasteiger partial charge in [-0.1, -0.05) is 38.0 Å². The van der Waals surface area contributed by atoms with E-state index >= 15 is 0 Å². The quantitative estimate of drug-likeness (QED) is 0.788. The first-order valence-corrected chi connectivity index (χ1v) is 8.24. The van der Waals surface area contributed by atoms with Gasteiger partial charge in [-0.2, -0.15) is 5.10 Å².